The van der Waals surface area contributed by atoms with Crippen LogP contribution in [0.4, 0.5) is 0 Å². The van der Waals surface area contributed by atoms with Gasteiger partial charge in [0.1, 0.15) is 11.5 Å². The summed E-state index contributed by atoms with van der Waals surface area (Å²) in [7, 11) is 1.68. The first kappa shape index (κ1) is 18.5. The second kappa shape index (κ2) is 7.06. The van der Waals surface area contributed by atoms with Crippen molar-refractivity contribution in [3.8, 4) is 11.5 Å². The van der Waals surface area contributed by atoms with E-state index in [0.29, 0.717) is 24.1 Å². The van der Waals surface area contributed by atoms with Gasteiger partial charge in [-0.2, -0.15) is 0 Å². The SMILES string of the molecule is COc1ccc([C@H]2CN(C(=O)c3cccc(C)c3O)[C@H]3C4CCN(CC4)[C@@H]23)cc1. The van der Waals surface area contributed by atoms with Gasteiger partial charge in [0.15, 0.2) is 0 Å². The fraction of sp³-hybridized carbons (Fsp3) is 0.458. The van der Waals surface area contributed by atoms with Crippen LogP contribution in [-0.2, 0) is 0 Å². The van der Waals surface area contributed by atoms with E-state index in [0.717, 1.165) is 37.2 Å². The van der Waals surface area contributed by atoms with Crippen molar-refractivity contribution in [1.82, 2.24) is 9.80 Å². The average molecular weight is 392 g/mol. The van der Waals surface area contributed by atoms with Crippen molar-refractivity contribution in [2.24, 2.45) is 5.92 Å². The number of amides is 1. The van der Waals surface area contributed by atoms with Gasteiger partial charge >= 0.3 is 0 Å². The van der Waals surface area contributed by atoms with Gasteiger partial charge in [-0.05, 0) is 68.1 Å². The number of methoxy groups -OCH3 is 1. The number of aromatic hydroxyl groups is 1. The second-order valence-corrected chi connectivity index (χ2v) is 8.66. The fourth-order valence-electron chi connectivity index (χ4n) is 5.79. The number of piperidine rings is 3. The number of ether oxygens (including phenoxy) is 1. The van der Waals surface area contributed by atoms with Gasteiger partial charge in [0, 0.05) is 18.5 Å². The summed E-state index contributed by atoms with van der Waals surface area (Å²) in [5.41, 5.74) is 2.43. The number of nitrogens with zero attached hydrogens (tertiary/aromatic N) is 2. The third-order valence-electron chi connectivity index (χ3n) is 7.27. The van der Waals surface area contributed by atoms with Crippen LogP contribution in [0.5, 0.6) is 11.5 Å². The zero-order chi connectivity index (χ0) is 20.1. The zero-order valence-corrected chi connectivity index (χ0v) is 17.0. The molecule has 1 N–H and O–H groups in total. The summed E-state index contributed by atoms with van der Waals surface area (Å²) < 4.78 is 5.33. The van der Waals surface area contributed by atoms with Crippen LogP contribution in [0, 0.1) is 12.8 Å². The lowest BCUT2D eigenvalue weighted by atomic mass is 9.75. The Morgan fingerprint density at radius 1 is 1.07 bits per heavy atom. The van der Waals surface area contributed by atoms with Crippen molar-refractivity contribution < 1.29 is 14.6 Å². The molecule has 0 aliphatic carbocycles. The lowest BCUT2D eigenvalue weighted by molar-refractivity contribution is -0.00348. The highest BCUT2D eigenvalue weighted by Crippen LogP contribution is 2.47. The highest BCUT2D eigenvalue weighted by molar-refractivity contribution is 5.97. The van der Waals surface area contributed by atoms with Crippen molar-refractivity contribution in [1.29, 1.82) is 0 Å². The number of carbonyl (C=O) groups is 1. The summed E-state index contributed by atoms with van der Waals surface area (Å²) in [4.78, 5) is 18.2. The van der Waals surface area contributed by atoms with Gasteiger partial charge in [-0.25, -0.2) is 0 Å². The van der Waals surface area contributed by atoms with Crippen molar-refractivity contribution in [3.05, 3.63) is 59.2 Å². The maximum Gasteiger partial charge on any atom is 0.257 e. The molecule has 5 heteroatoms. The molecule has 4 heterocycles. The summed E-state index contributed by atoms with van der Waals surface area (Å²) >= 11 is 0. The molecule has 29 heavy (non-hydrogen) atoms. The smallest absolute Gasteiger partial charge is 0.257 e. The quantitative estimate of drug-likeness (QED) is 0.870. The standard InChI is InChI=1S/C24H28N2O3/c1-15-4-3-5-19(23(15)27)24(28)26-14-20(16-6-8-18(29-2)9-7-16)22-21(26)17-10-12-25(22)13-11-17/h3-9,17,20-22,27H,10-14H2,1-2H3/t20-,21+,22+/m1/s1. The van der Waals surface area contributed by atoms with E-state index in [2.05, 4.69) is 21.9 Å². The molecule has 0 radical (unpaired) electrons. The third kappa shape index (κ3) is 2.91. The minimum absolute atomic E-state index is 0.0361. The average Bonchev–Trinajstić information content (AvgIpc) is 3.19. The van der Waals surface area contributed by atoms with Crippen molar-refractivity contribution in [2.45, 2.75) is 37.8 Å². The molecule has 3 atom stereocenters. The Kier molecular flexibility index (Phi) is 4.50. The van der Waals surface area contributed by atoms with Crippen LogP contribution in [0.2, 0.25) is 0 Å². The normalized spacial score (nSPS) is 30.3. The number of hydrogen-bond donors (Lipinski definition) is 1. The Balaban J connectivity index is 1.52. The van der Waals surface area contributed by atoms with Crippen molar-refractivity contribution in [3.63, 3.8) is 0 Å². The van der Waals surface area contributed by atoms with Crippen LogP contribution in [0.15, 0.2) is 42.5 Å². The Hall–Kier alpha value is -2.53. The summed E-state index contributed by atoms with van der Waals surface area (Å²) in [6.45, 7) is 4.78. The molecule has 1 amide bonds. The number of phenols is 1. The van der Waals surface area contributed by atoms with Gasteiger partial charge in [-0.15, -0.1) is 0 Å². The minimum atomic E-state index is -0.0361. The highest BCUT2D eigenvalue weighted by Gasteiger charge is 2.54. The van der Waals surface area contributed by atoms with E-state index in [9.17, 15) is 9.90 Å². The zero-order valence-electron chi connectivity index (χ0n) is 17.0. The number of carbonyl (C=O) groups excluding carboxylic acids is 1. The van der Waals surface area contributed by atoms with E-state index in [4.69, 9.17) is 4.74 Å². The van der Waals surface area contributed by atoms with E-state index >= 15 is 0 Å². The number of aryl methyl sites for hydroxylation is 1. The maximum atomic E-state index is 13.6. The molecule has 6 rings (SSSR count). The first-order valence-electron chi connectivity index (χ1n) is 10.6. The predicted molar refractivity (Wildman–Crippen MR) is 111 cm³/mol. The van der Waals surface area contributed by atoms with Gasteiger partial charge in [-0.3, -0.25) is 9.69 Å². The van der Waals surface area contributed by atoms with Crippen LogP contribution in [0.3, 0.4) is 0 Å². The number of hydrogen-bond acceptors (Lipinski definition) is 4. The molecule has 2 bridgehead atoms. The van der Waals surface area contributed by atoms with E-state index in [1.54, 1.807) is 13.2 Å². The minimum Gasteiger partial charge on any atom is -0.507 e. The molecule has 0 unspecified atom stereocenters. The van der Waals surface area contributed by atoms with E-state index < -0.39 is 0 Å². The molecule has 152 valence electrons. The van der Waals surface area contributed by atoms with Gasteiger partial charge in [0.2, 0.25) is 0 Å². The molecule has 0 saturated carbocycles. The highest BCUT2D eigenvalue weighted by atomic mass is 16.5. The largest absolute Gasteiger partial charge is 0.507 e. The maximum absolute atomic E-state index is 13.6. The summed E-state index contributed by atoms with van der Waals surface area (Å²) in [5.74, 6) is 1.76. The lowest BCUT2D eigenvalue weighted by Gasteiger charge is -2.51. The summed E-state index contributed by atoms with van der Waals surface area (Å²) in [5, 5.41) is 10.5. The Morgan fingerprint density at radius 2 is 1.79 bits per heavy atom. The van der Waals surface area contributed by atoms with Crippen molar-refractivity contribution in [2.75, 3.05) is 26.7 Å². The molecule has 4 fully saturated rings. The van der Waals surface area contributed by atoms with Crippen LogP contribution >= 0.6 is 0 Å². The number of phenolic OH excluding ortho intramolecular Hbond substituents is 1. The van der Waals surface area contributed by atoms with Crippen LogP contribution in [0.1, 0.15) is 40.2 Å². The molecule has 5 nitrogen and oxygen atoms in total. The Bertz CT molecular complexity index is 918. The summed E-state index contributed by atoms with van der Waals surface area (Å²) in [6.07, 6.45) is 2.31. The topological polar surface area (TPSA) is 53.0 Å². The molecule has 2 aromatic rings. The molecule has 4 aliphatic heterocycles. The first-order valence-corrected chi connectivity index (χ1v) is 10.6. The van der Waals surface area contributed by atoms with Gasteiger partial charge < -0.3 is 14.7 Å². The van der Waals surface area contributed by atoms with Crippen LogP contribution in [0.25, 0.3) is 0 Å². The molecular formula is C24H28N2O3. The van der Waals surface area contributed by atoms with Gasteiger partial charge in [0.05, 0.1) is 18.7 Å². The van der Waals surface area contributed by atoms with E-state index in [-0.39, 0.29) is 23.6 Å². The monoisotopic (exact) mass is 392 g/mol. The third-order valence-corrected chi connectivity index (χ3v) is 7.27. The fourth-order valence-corrected chi connectivity index (χ4v) is 5.79. The lowest BCUT2D eigenvalue weighted by Crippen LogP contribution is -2.60. The first-order chi connectivity index (χ1) is 14.1. The Morgan fingerprint density at radius 3 is 2.48 bits per heavy atom. The van der Waals surface area contributed by atoms with Gasteiger partial charge in [0.25, 0.3) is 5.91 Å². The molecule has 4 saturated heterocycles. The van der Waals surface area contributed by atoms with Crippen LogP contribution < -0.4 is 4.74 Å². The molecular weight excluding hydrogens is 364 g/mol. The molecule has 4 aliphatic rings. The second-order valence-electron chi connectivity index (χ2n) is 8.66. The number of likely N-dealkylation sites (tertiary alicyclic amines) is 1. The van der Waals surface area contributed by atoms with E-state index in [1.165, 1.54) is 5.56 Å². The predicted octanol–water partition coefficient (Wildman–Crippen LogP) is 3.41. The Labute approximate surface area is 171 Å². The van der Waals surface area contributed by atoms with E-state index in [1.807, 2.05) is 31.2 Å². The number of para-hydroxylation sites is 1. The summed E-state index contributed by atoms with van der Waals surface area (Å²) in [6, 6.07) is 14.3. The molecule has 0 spiro atoms. The van der Waals surface area contributed by atoms with Crippen LogP contribution in [-0.4, -0.2) is 59.6 Å². The number of rotatable bonds is 3. The van der Waals surface area contributed by atoms with Gasteiger partial charge in [-0.1, -0.05) is 24.3 Å². The van der Waals surface area contributed by atoms with Crippen molar-refractivity contribution >= 4 is 5.91 Å². The number of fused-ring (bicyclic) bond motifs is 2. The molecule has 0 aromatic heterocycles. The number of benzene rings is 2. The molecule has 2 aromatic carbocycles.